The maximum atomic E-state index is 12.9. The van der Waals surface area contributed by atoms with E-state index in [1.165, 1.54) is 0 Å². The van der Waals surface area contributed by atoms with Crippen LogP contribution in [0, 0.1) is 6.92 Å². The Morgan fingerprint density at radius 1 is 0.889 bits per heavy atom. The second kappa shape index (κ2) is 6.88. The highest BCUT2D eigenvalue weighted by Gasteiger charge is 2.18. The molecule has 4 aromatic rings. The van der Waals surface area contributed by atoms with Gasteiger partial charge < -0.3 is 5.32 Å². The van der Waals surface area contributed by atoms with E-state index in [2.05, 4.69) is 10.4 Å². The number of aromatic nitrogens is 2. The number of carbonyl (C=O) groups is 1. The molecule has 1 aromatic heterocycles. The van der Waals surface area contributed by atoms with Gasteiger partial charge in [-0.2, -0.15) is 5.10 Å². The molecule has 0 spiro atoms. The number of nitrogens with one attached hydrogen (secondary N) is 1. The fourth-order valence-corrected chi connectivity index (χ4v) is 2.99. The molecule has 0 atom stereocenters. The number of fused-ring (bicyclic) bond motifs is 1. The average Bonchev–Trinajstić information content (AvgIpc) is 2.71. The largest absolute Gasteiger partial charge is 0.320 e. The summed E-state index contributed by atoms with van der Waals surface area (Å²) in [6.07, 6.45) is 0. The Balaban J connectivity index is 1.89. The summed E-state index contributed by atoms with van der Waals surface area (Å²) < 4.78 is 1.63. The lowest BCUT2D eigenvalue weighted by molar-refractivity contribution is 0.102. The molecule has 0 saturated carbocycles. The number of para-hydroxylation sites is 3. The molecule has 0 aliphatic rings. The van der Waals surface area contributed by atoms with Gasteiger partial charge >= 0.3 is 0 Å². The van der Waals surface area contributed by atoms with E-state index in [1.54, 1.807) is 22.9 Å². The molecule has 1 amide bonds. The predicted molar refractivity (Wildman–Crippen MR) is 106 cm³/mol. The number of anilines is 1. The van der Waals surface area contributed by atoms with E-state index in [1.807, 2.05) is 67.6 Å². The molecule has 5 heteroatoms. The summed E-state index contributed by atoms with van der Waals surface area (Å²) in [6, 6.07) is 24.0. The average molecular weight is 355 g/mol. The lowest BCUT2D eigenvalue weighted by atomic mass is 10.1. The number of benzene rings is 3. The Labute approximate surface area is 155 Å². The van der Waals surface area contributed by atoms with Gasteiger partial charge in [-0.25, -0.2) is 4.68 Å². The van der Waals surface area contributed by atoms with Crippen LogP contribution < -0.4 is 10.7 Å². The van der Waals surface area contributed by atoms with Crippen molar-refractivity contribution in [2.24, 2.45) is 0 Å². The van der Waals surface area contributed by atoms with Gasteiger partial charge in [-0.1, -0.05) is 48.5 Å². The molecule has 0 radical (unpaired) electrons. The van der Waals surface area contributed by atoms with Crippen molar-refractivity contribution in [2.45, 2.75) is 6.92 Å². The monoisotopic (exact) mass is 355 g/mol. The van der Waals surface area contributed by atoms with E-state index in [4.69, 9.17) is 0 Å². The molecule has 27 heavy (non-hydrogen) atoms. The molecule has 0 aliphatic heterocycles. The summed E-state index contributed by atoms with van der Waals surface area (Å²) in [6.45, 7) is 1.89. The lowest BCUT2D eigenvalue weighted by Crippen LogP contribution is -2.27. The highest BCUT2D eigenvalue weighted by atomic mass is 16.2. The summed E-state index contributed by atoms with van der Waals surface area (Å²) in [7, 11) is 0. The van der Waals surface area contributed by atoms with Crippen LogP contribution >= 0.6 is 0 Å². The van der Waals surface area contributed by atoms with Gasteiger partial charge in [-0.05, 0) is 42.8 Å². The third-order valence-corrected chi connectivity index (χ3v) is 4.40. The molecule has 0 unspecified atom stereocenters. The maximum absolute atomic E-state index is 12.9. The van der Waals surface area contributed by atoms with Crippen molar-refractivity contribution in [3.8, 4) is 5.69 Å². The SMILES string of the molecule is Cc1ccccc1NC(=O)c1nn(-c2ccccc2)c2ccccc2c1=O. The summed E-state index contributed by atoms with van der Waals surface area (Å²) >= 11 is 0. The van der Waals surface area contributed by atoms with Crippen LogP contribution in [0.5, 0.6) is 0 Å². The zero-order valence-corrected chi connectivity index (χ0v) is 14.7. The van der Waals surface area contributed by atoms with E-state index in [9.17, 15) is 9.59 Å². The van der Waals surface area contributed by atoms with Crippen molar-refractivity contribution >= 4 is 22.5 Å². The van der Waals surface area contributed by atoms with Crippen LogP contribution in [-0.2, 0) is 0 Å². The summed E-state index contributed by atoms with van der Waals surface area (Å²) in [5, 5.41) is 7.63. The van der Waals surface area contributed by atoms with Crippen molar-refractivity contribution in [2.75, 3.05) is 5.32 Å². The molecule has 1 heterocycles. The summed E-state index contributed by atoms with van der Waals surface area (Å²) in [4.78, 5) is 25.7. The number of carbonyl (C=O) groups excluding carboxylic acids is 1. The number of hydrogen-bond acceptors (Lipinski definition) is 3. The molecule has 1 N–H and O–H groups in total. The standard InChI is InChI=1S/C22H17N3O2/c1-15-9-5-7-13-18(15)23-22(27)20-21(26)17-12-6-8-14-19(17)25(24-20)16-10-3-2-4-11-16/h2-14H,1H3,(H,23,27). The van der Waals surface area contributed by atoms with Gasteiger partial charge in [0, 0.05) is 5.69 Å². The zero-order valence-electron chi connectivity index (χ0n) is 14.7. The summed E-state index contributed by atoms with van der Waals surface area (Å²) in [5.41, 5.74) is 2.47. The van der Waals surface area contributed by atoms with Crippen molar-refractivity contribution < 1.29 is 4.79 Å². The van der Waals surface area contributed by atoms with Gasteiger partial charge in [-0.3, -0.25) is 9.59 Å². The van der Waals surface area contributed by atoms with E-state index in [0.717, 1.165) is 11.3 Å². The molecule has 0 bridgehead atoms. The van der Waals surface area contributed by atoms with Crippen molar-refractivity contribution in [1.82, 2.24) is 9.78 Å². The fraction of sp³-hybridized carbons (Fsp3) is 0.0455. The molecule has 0 aliphatic carbocycles. The van der Waals surface area contributed by atoms with Crippen LogP contribution in [0.1, 0.15) is 16.1 Å². The lowest BCUT2D eigenvalue weighted by Gasteiger charge is -2.12. The molecule has 0 saturated heterocycles. The van der Waals surface area contributed by atoms with E-state index in [-0.39, 0.29) is 11.1 Å². The molecule has 4 rings (SSSR count). The van der Waals surface area contributed by atoms with Gasteiger partial charge in [0.1, 0.15) is 0 Å². The fourth-order valence-electron chi connectivity index (χ4n) is 2.99. The van der Waals surface area contributed by atoms with Crippen LogP contribution in [0.2, 0.25) is 0 Å². The first-order valence-corrected chi connectivity index (χ1v) is 8.59. The Kier molecular flexibility index (Phi) is 4.26. The van der Waals surface area contributed by atoms with Crippen molar-refractivity contribution in [1.29, 1.82) is 0 Å². The Hall–Kier alpha value is -3.73. The van der Waals surface area contributed by atoms with Gasteiger partial charge in [0.2, 0.25) is 5.43 Å². The topological polar surface area (TPSA) is 64.0 Å². The van der Waals surface area contributed by atoms with E-state index in [0.29, 0.717) is 16.6 Å². The first-order valence-electron chi connectivity index (χ1n) is 8.59. The van der Waals surface area contributed by atoms with E-state index >= 15 is 0 Å². The molecule has 3 aromatic carbocycles. The van der Waals surface area contributed by atoms with Gasteiger partial charge in [0.05, 0.1) is 16.6 Å². The number of hydrogen-bond donors (Lipinski definition) is 1. The van der Waals surface area contributed by atoms with Crippen molar-refractivity contribution in [3.63, 3.8) is 0 Å². The van der Waals surface area contributed by atoms with Crippen molar-refractivity contribution in [3.05, 3.63) is 100 Å². The molecular formula is C22H17N3O2. The van der Waals surface area contributed by atoms with Crippen LogP contribution in [0.4, 0.5) is 5.69 Å². The van der Waals surface area contributed by atoms with Gasteiger partial charge in [-0.15, -0.1) is 0 Å². The first-order chi connectivity index (χ1) is 13.1. The highest BCUT2D eigenvalue weighted by Crippen LogP contribution is 2.17. The zero-order chi connectivity index (χ0) is 18.8. The minimum Gasteiger partial charge on any atom is -0.320 e. The molecule has 0 fully saturated rings. The number of amides is 1. The van der Waals surface area contributed by atoms with E-state index < -0.39 is 5.91 Å². The van der Waals surface area contributed by atoms with Crippen LogP contribution in [0.15, 0.2) is 83.7 Å². The summed E-state index contributed by atoms with van der Waals surface area (Å²) in [5.74, 6) is -0.523. The highest BCUT2D eigenvalue weighted by molar-refractivity contribution is 6.04. The smallest absolute Gasteiger partial charge is 0.280 e. The first kappa shape index (κ1) is 16.7. The maximum Gasteiger partial charge on any atom is 0.280 e. The van der Waals surface area contributed by atoms with Gasteiger partial charge in [0.25, 0.3) is 5.91 Å². The van der Waals surface area contributed by atoms with Crippen LogP contribution in [-0.4, -0.2) is 15.7 Å². The number of nitrogens with zero attached hydrogens (tertiary/aromatic N) is 2. The second-order valence-electron chi connectivity index (χ2n) is 6.21. The number of aryl methyl sites for hydroxylation is 1. The normalized spacial score (nSPS) is 10.7. The minimum atomic E-state index is -0.523. The second-order valence-corrected chi connectivity index (χ2v) is 6.21. The Morgan fingerprint density at radius 2 is 1.56 bits per heavy atom. The third-order valence-electron chi connectivity index (χ3n) is 4.40. The van der Waals surface area contributed by atoms with Gasteiger partial charge in [0.15, 0.2) is 5.69 Å². The van der Waals surface area contributed by atoms with Crippen LogP contribution in [0.25, 0.3) is 16.6 Å². The third kappa shape index (κ3) is 3.11. The molecule has 132 valence electrons. The minimum absolute atomic E-state index is 0.138. The van der Waals surface area contributed by atoms with Crippen LogP contribution in [0.3, 0.4) is 0 Å². The molecular weight excluding hydrogens is 338 g/mol. The quantitative estimate of drug-likeness (QED) is 0.605. The molecule has 5 nitrogen and oxygen atoms in total. The predicted octanol–water partition coefficient (Wildman–Crippen LogP) is 3.95. The Morgan fingerprint density at radius 3 is 2.33 bits per heavy atom. The Bertz CT molecular complexity index is 1200. The number of rotatable bonds is 3.